The van der Waals surface area contributed by atoms with Gasteiger partial charge in [0.05, 0.1) is 16.8 Å². The molecule has 2 aliphatic rings. The molecule has 2 aromatic carbocycles. The van der Waals surface area contributed by atoms with Crippen LogP contribution in [0.2, 0.25) is 0 Å². The second-order valence-corrected chi connectivity index (χ2v) is 7.08. The van der Waals surface area contributed by atoms with E-state index in [4.69, 9.17) is 0 Å². The molecule has 1 heterocycles. The van der Waals surface area contributed by atoms with Crippen LogP contribution in [0, 0.1) is 0 Å². The minimum Gasteiger partial charge on any atom is -0.343 e. The average molecular weight is 341 g/mol. The standard InChI is InChI=1S/C23H19NO2/c25-19-12-6-11-18-20(19)21-22(16-9-4-5-10-17(16)23(21)26)24(18)14-13-15-7-2-1-3-8-15/h1-5,7-10H,6,11-14H2. The van der Waals surface area contributed by atoms with Gasteiger partial charge in [-0.05, 0) is 24.8 Å². The molecule has 0 amide bonds. The van der Waals surface area contributed by atoms with Crippen molar-refractivity contribution in [3.8, 4) is 11.3 Å². The molecule has 0 unspecified atom stereocenters. The van der Waals surface area contributed by atoms with Gasteiger partial charge < -0.3 is 4.57 Å². The largest absolute Gasteiger partial charge is 0.343 e. The minimum absolute atomic E-state index is 0.0144. The fourth-order valence-electron chi connectivity index (χ4n) is 4.43. The van der Waals surface area contributed by atoms with E-state index in [2.05, 4.69) is 16.7 Å². The third kappa shape index (κ3) is 2.13. The van der Waals surface area contributed by atoms with E-state index < -0.39 is 0 Å². The van der Waals surface area contributed by atoms with Gasteiger partial charge >= 0.3 is 0 Å². The summed E-state index contributed by atoms with van der Waals surface area (Å²) in [5.41, 5.74) is 6.34. The molecule has 0 atom stereocenters. The monoisotopic (exact) mass is 341 g/mol. The zero-order chi connectivity index (χ0) is 17.7. The second kappa shape index (κ2) is 5.80. The van der Waals surface area contributed by atoms with Crippen LogP contribution < -0.4 is 0 Å². The fraction of sp³-hybridized carbons (Fsp3) is 0.217. The molecule has 0 radical (unpaired) electrons. The Labute approximate surface area is 152 Å². The predicted molar refractivity (Wildman–Crippen MR) is 101 cm³/mol. The first-order valence-corrected chi connectivity index (χ1v) is 9.22. The lowest BCUT2D eigenvalue weighted by atomic mass is 9.92. The zero-order valence-corrected chi connectivity index (χ0v) is 14.5. The van der Waals surface area contributed by atoms with Crippen LogP contribution in [0.1, 0.15) is 50.4 Å². The Morgan fingerprint density at radius 3 is 2.35 bits per heavy atom. The third-order valence-electron chi connectivity index (χ3n) is 5.59. The number of fused-ring (bicyclic) bond motifs is 5. The van der Waals surface area contributed by atoms with E-state index in [1.807, 2.05) is 42.5 Å². The molecule has 0 saturated carbocycles. The lowest BCUT2D eigenvalue weighted by molar-refractivity contribution is 0.0959. The maximum absolute atomic E-state index is 13.0. The zero-order valence-electron chi connectivity index (χ0n) is 14.5. The highest BCUT2D eigenvalue weighted by molar-refractivity contribution is 6.26. The highest BCUT2D eigenvalue weighted by Crippen LogP contribution is 2.43. The van der Waals surface area contributed by atoms with Crippen molar-refractivity contribution in [2.75, 3.05) is 0 Å². The van der Waals surface area contributed by atoms with Crippen molar-refractivity contribution in [3.63, 3.8) is 0 Å². The molecule has 0 saturated heterocycles. The van der Waals surface area contributed by atoms with E-state index in [1.54, 1.807) is 0 Å². The Balaban J connectivity index is 1.68. The molecular weight excluding hydrogens is 322 g/mol. The van der Waals surface area contributed by atoms with Gasteiger partial charge in [-0.3, -0.25) is 9.59 Å². The van der Waals surface area contributed by atoms with Gasteiger partial charge in [0.2, 0.25) is 0 Å². The van der Waals surface area contributed by atoms with Crippen LogP contribution in [0.25, 0.3) is 11.3 Å². The first-order valence-electron chi connectivity index (χ1n) is 9.22. The molecule has 0 bridgehead atoms. The van der Waals surface area contributed by atoms with Crippen molar-refractivity contribution in [1.29, 1.82) is 0 Å². The summed E-state index contributed by atoms with van der Waals surface area (Å²) in [6.45, 7) is 0.788. The SMILES string of the molecule is O=C1CCCc2c1c1c(n2CCc2ccccc2)-c2ccccc2C1=O. The first kappa shape index (κ1) is 15.3. The molecule has 3 heteroatoms. The number of aromatic nitrogens is 1. The van der Waals surface area contributed by atoms with Crippen molar-refractivity contribution in [2.45, 2.75) is 32.2 Å². The average Bonchev–Trinajstić information content (AvgIpc) is 3.16. The number of aryl methyl sites for hydroxylation is 1. The van der Waals surface area contributed by atoms with Crippen molar-refractivity contribution < 1.29 is 9.59 Å². The summed E-state index contributed by atoms with van der Waals surface area (Å²) in [5.74, 6) is 0.141. The van der Waals surface area contributed by atoms with Gasteiger partial charge in [-0.1, -0.05) is 54.6 Å². The lowest BCUT2D eigenvalue weighted by Gasteiger charge is -2.17. The van der Waals surface area contributed by atoms with Gasteiger partial charge in [0.15, 0.2) is 11.6 Å². The number of nitrogens with zero attached hydrogens (tertiary/aromatic N) is 1. The summed E-state index contributed by atoms with van der Waals surface area (Å²) in [7, 11) is 0. The predicted octanol–water partition coefficient (Wildman–Crippen LogP) is 4.46. The number of benzene rings is 2. The van der Waals surface area contributed by atoms with Crippen LogP contribution in [0.5, 0.6) is 0 Å². The summed E-state index contributed by atoms with van der Waals surface area (Å²) in [5, 5.41) is 0. The minimum atomic E-state index is 0.0144. The van der Waals surface area contributed by atoms with Crippen molar-refractivity contribution in [1.82, 2.24) is 4.57 Å². The van der Waals surface area contributed by atoms with Crippen molar-refractivity contribution in [3.05, 3.63) is 82.5 Å². The molecule has 0 fully saturated rings. The fourth-order valence-corrected chi connectivity index (χ4v) is 4.43. The van der Waals surface area contributed by atoms with Crippen LogP contribution in [0.4, 0.5) is 0 Å². The summed E-state index contributed by atoms with van der Waals surface area (Å²) in [4.78, 5) is 25.7. The number of hydrogen-bond donors (Lipinski definition) is 0. The number of rotatable bonds is 3. The molecule has 128 valence electrons. The summed E-state index contributed by atoms with van der Waals surface area (Å²) < 4.78 is 2.25. The molecule has 1 aromatic heterocycles. The topological polar surface area (TPSA) is 39.1 Å². The Bertz CT molecular complexity index is 1040. The molecule has 5 rings (SSSR count). The van der Waals surface area contributed by atoms with Gasteiger partial charge in [0.1, 0.15) is 0 Å². The molecule has 3 nitrogen and oxygen atoms in total. The van der Waals surface area contributed by atoms with Crippen molar-refractivity contribution >= 4 is 11.6 Å². The molecule has 0 spiro atoms. The van der Waals surface area contributed by atoms with Gasteiger partial charge in [-0.2, -0.15) is 0 Å². The number of ketones is 2. The van der Waals surface area contributed by atoms with E-state index >= 15 is 0 Å². The smallest absolute Gasteiger partial charge is 0.196 e. The maximum Gasteiger partial charge on any atom is 0.196 e. The molecular formula is C23H19NO2. The van der Waals surface area contributed by atoms with Crippen LogP contribution in [0.15, 0.2) is 54.6 Å². The Hall–Kier alpha value is -2.94. The van der Waals surface area contributed by atoms with E-state index in [0.717, 1.165) is 48.3 Å². The Morgan fingerprint density at radius 1 is 0.808 bits per heavy atom. The summed E-state index contributed by atoms with van der Waals surface area (Å²) >= 11 is 0. The highest BCUT2D eigenvalue weighted by atomic mass is 16.1. The van der Waals surface area contributed by atoms with E-state index in [1.165, 1.54) is 5.56 Å². The van der Waals surface area contributed by atoms with Crippen molar-refractivity contribution in [2.24, 2.45) is 0 Å². The summed E-state index contributed by atoms with van der Waals surface area (Å²) in [6.07, 6.45) is 3.18. The quantitative estimate of drug-likeness (QED) is 0.552. The van der Waals surface area contributed by atoms with Crippen LogP contribution in [-0.4, -0.2) is 16.1 Å². The lowest BCUT2D eigenvalue weighted by Crippen LogP contribution is -2.16. The van der Waals surface area contributed by atoms with E-state index in [0.29, 0.717) is 17.5 Å². The van der Waals surface area contributed by atoms with E-state index in [9.17, 15) is 9.59 Å². The van der Waals surface area contributed by atoms with E-state index in [-0.39, 0.29) is 11.6 Å². The Morgan fingerprint density at radius 2 is 1.54 bits per heavy atom. The van der Waals surface area contributed by atoms with Gasteiger partial charge in [0, 0.05) is 29.8 Å². The van der Waals surface area contributed by atoms with Gasteiger partial charge in [-0.25, -0.2) is 0 Å². The number of carbonyl (C=O) groups is 2. The van der Waals surface area contributed by atoms with Crippen LogP contribution in [0.3, 0.4) is 0 Å². The molecule has 0 N–H and O–H groups in total. The summed E-state index contributed by atoms with van der Waals surface area (Å²) in [6, 6.07) is 18.1. The van der Waals surface area contributed by atoms with Gasteiger partial charge in [-0.15, -0.1) is 0 Å². The molecule has 3 aromatic rings. The molecule has 26 heavy (non-hydrogen) atoms. The van der Waals surface area contributed by atoms with Crippen LogP contribution in [-0.2, 0) is 19.4 Å². The number of carbonyl (C=O) groups excluding carboxylic acids is 2. The molecule has 2 aliphatic carbocycles. The third-order valence-corrected chi connectivity index (χ3v) is 5.59. The Kier molecular flexibility index (Phi) is 3.42. The van der Waals surface area contributed by atoms with Gasteiger partial charge in [0.25, 0.3) is 0 Å². The normalized spacial score (nSPS) is 14.9. The number of hydrogen-bond acceptors (Lipinski definition) is 2. The second-order valence-electron chi connectivity index (χ2n) is 7.08. The first-order chi connectivity index (χ1) is 12.8. The maximum atomic E-state index is 13.0. The highest BCUT2D eigenvalue weighted by Gasteiger charge is 2.38. The number of Topliss-reactive ketones (excluding diaryl/α,β-unsaturated/α-hetero) is 1. The molecule has 0 aliphatic heterocycles. The van der Waals surface area contributed by atoms with Crippen LogP contribution >= 0.6 is 0 Å².